The zero-order chi connectivity index (χ0) is 17.5. The number of furan rings is 1. The summed E-state index contributed by atoms with van der Waals surface area (Å²) in [7, 11) is 0. The van der Waals surface area contributed by atoms with E-state index < -0.39 is 0 Å². The zero-order valence-electron chi connectivity index (χ0n) is 14.1. The van der Waals surface area contributed by atoms with Crippen molar-refractivity contribution in [2.45, 2.75) is 12.5 Å². The van der Waals surface area contributed by atoms with Crippen LogP contribution in [0.5, 0.6) is 0 Å². The lowest BCUT2D eigenvalue weighted by molar-refractivity contribution is 0.0666. The van der Waals surface area contributed by atoms with Crippen LogP contribution in [0.1, 0.15) is 32.6 Å². The average molecular weight is 359 g/mol. The number of hydrogen-bond acceptors (Lipinski definition) is 3. The number of hydrogen-bond donors (Lipinski definition) is 0. The minimum absolute atomic E-state index is 0.0492. The Labute approximate surface area is 155 Å². The van der Waals surface area contributed by atoms with Crippen LogP contribution in [0.25, 0.3) is 11.0 Å². The third-order valence-electron chi connectivity index (χ3n) is 4.98. The largest absolute Gasteiger partial charge is 0.451 e. The third-order valence-corrected chi connectivity index (χ3v) is 5.97. The molecule has 5 rings (SSSR count). The van der Waals surface area contributed by atoms with Crippen molar-refractivity contribution in [3.63, 3.8) is 0 Å². The summed E-state index contributed by atoms with van der Waals surface area (Å²) in [5, 5.41) is 3.08. The maximum atomic E-state index is 13.3. The zero-order valence-corrected chi connectivity index (χ0v) is 14.9. The van der Waals surface area contributed by atoms with Gasteiger partial charge in [-0.3, -0.25) is 4.79 Å². The Hall–Kier alpha value is -2.85. The van der Waals surface area contributed by atoms with E-state index in [1.54, 1.807) is 11.3 Å². The highest BCUT2D eigenvalue weighted by atomic mass is 32.1. The fourth-order valence-corrected chi connectivity index (χ4v) is 4.66. The van der Waals surface area contributed by atoms with Gasteiger partial charge in [-0.25, -0.2) is 0 Å². The minimum atomic E-state index is -0.0630. The number of para-hydroxylation sites is 1. The molecular formula is C22H17NO2S. The molecule has 26 heavy (non-hydrogen) atoms. The molecule has 0 N–H and O–H groups in total. The molecule has 2 aromatic carbocycles. The van der Waals surface area contributed by atoms with Crippen molar-refractivity contribution in [2.75, 3.05) is 6.54 Å². The van der Waals surface area contributed by atoms with Gasteiger partial charge in [0.2, 0.25) is 0 Å². The van der Waals surface area contributed by atoms with Gasteiger partial charge in [0, 0.05) is 16.8 Å². The van der Waals surface area contributed by atoms with Crippen LogP contribution in [0.2, 0.25) is 0 Å². The quantitative estimate of drug-likeness (QED) is 0.488. The van der Waals surface area contributed by atoms with E-state index in [-0.39, 0.29) is 11.9 Å². The molecule has 4 heteroatoms. The molecule has 0 aliphatic carbocycles. The third kappa shape index (κ3) is 2.45. The lowest BCUT2D eigenvalue weighted by atomic mass is 9.93. The molecule has 0 spiro atoms. The monoisotopic (exact) mass is 359 g/mol. The number of rotatable bonds is 2. The van der Waals surface area contributed by atoms with Crippen LogP contribution in [-0.4, -0.2) is 17.4 Å². The number of amides is 1. The second-order valence-electron chi connectivity index (χ2n) is 6.51. The summed E-state index contributed by atoms with van der Waals surface area (Å²) >= 11 is 1.78. The molecule has 3 nitrogen and oxygen atoms in total. The van der Waals surface area contributed by atoms with Gasteiger partial charge in [0.25, 0.3) is 5.91 Å². The first-order chi connectivity index (χ1) is 12.8. The Balaban J connectivity index is 1.59. The Morgan fingerprint density at radius 1 is 1.04 bits per heavy atom. The van der Waals surface area contributed by atoms with Gasteiger partial charge in [-0.2, -0.15) is 0 Å². The second-order valence-corrected chi connectivity index (χ2v) is 7.51. The lowest BCUT2D eigenvalue weighted by Crippen LogP contribution is -2.39. The Morgan fingerprint density at radius 3 is 2.69 bits per heavy atom. The van der Waals surface area contributed by atoms with Gasteiger partial charge < -0.3 is 9.32 Å². The van der Waals surface area contributed by atoms with E-state index in [0.717, 1.165) is 23.0 Å². The summed E-state index contributed by atoms with van der Waals surface area (Å²) in [5.74, 6) is 0.359. The van der Waals surface area contributed by atoms with Crippen molar-refractivity contribution in [1.82, 2.24) is 4.90 Å². The average Bonchev–Trinajstić information content (AvgIpc) is 3.33. The summed E-state index contributed by atoms with van der Waals surface area (Å²) < 4.78 is 5.85. The van der Waals surface area contributed by atoms with Crippen LogP contribution in [0.3, 0.4) is 0 Å². The highest BCUT2D eigenvalue weighted by molar-refractivity contribution is 7.10. The number of thiophene rings is 1. The predicted octanol–water partition coefficient (Wildman–Crippen LogP) is 5.28. The van der Waals surface area contributed by atoms with Gasteiger partial charge in [0.1, 0.15) is 5.58 Å². The molecule has 0 saturated heterocycles. The fourth-order valence-electron chi connectivity index (χ4n) is 3.76. The maximum Gasteiger partial charge on any atom is 0.290 e. The number of carbonyl (C=O) groups excluding carboxylic acids is 1. The van der Waals surface area contributed by atoms with Gasteiger partial charge in [0.05, 0.1) is 6.04 Å². The predicted molar refractivity (Wildman–Crippen MR) is 104 cm³/mol. The Kier molecular flexibility index (Phi) is 3.64. The number of benzene rings is 2. The van der Waals surface area contributed by atoms with Crippen molar-refractivity contribution in [3.8, 4) is 0 Å². The van der Waals surface area contributed by atoms with E-state index in [9.17, 15) is 4.79 Å². The van der Waals surface area contributed by atoms with E-state index in [4.69, 9.17) is 4.42 Å². The minimum Gasteiger partial charge on any atom is -0.451 e. The molecule has 128 valence electrons. The summed E-state index contributed by atoms with van der Waals surface area (Å²) in [6.07, 6.45) is 0.891. The van der Waals surface area contributed by atoms with Crippen LogP contribution in [-0.2, 0) is 6.42 Å². The van der Waals surface area contributed by atoms with Crippen LogP contribution in [0, 0.1) is 0 Å². The van der Waals surface area contributed by atoms with E-state index in [0.29, 0.717) is 12.3 Å². The SMILES string of the molecule is O=C(c1cc2ccccc2o1)N1CCc2sccc2[C@@H]1c1ccccc1. The van der Waals surface area contributed by atoms with Gasteiger partial charge >= 0.3 is 0 Å². The molecule has 2 aromatic heterocycles. The van der Waals surface area contributed by atoms with E-state index >= 15 is 0 Å². The first-order valence-electron chi connectivity index (χ1n) is 8.72. The molecule has 0 unspecified atom stereocenters. The summed E-state index contributed by atoms with van der Waals surface area (Å²) in [4.78, 5) is 16.6. The lowest BCUT2D eigenvalue weighted by Gasteiger charge is -2.35. The summed E-state index contributed by atoms with van der Waals surface area (Å²) in [5.41, 5.74) is 3.12. The smallest absolute Gasteiger partial charge is 0.290 e. The molecule has 0 radical (unpaired) electrons. The maximum absolute atomic E-state index is 13.3. The molecule has 0 fully saturated rings. The summed E-state index contributed by atoms with van der Waals surface area (Å²) in [6, 6.07) is 21.9. The topological polar surface area (TPSA) is 33.5 Å². The standard InChI is InChI=1S/C22H17NO2S/c24-22(19-14-16-8-4-5-9-18(16)25-19)23-12-10-20-17(11-13-26-20)21(23)15-6-2-1-3-7-15/h1-9,11,13-14,21H,10,12H2/t21-/m0/s1. The van der Waals surface area contributed by atoms with Gasteiger partial charge in [0.15, 0.2) is 5.76 Å². The molecular weight excluding hydrogens is 342 g/mol. The first-order valence-corrected chi connectivity index (χ1v) is 9.60. The highest BCUT2D eigenvalue weighted by Gasteiger charge is 2.34. The molecule has 4 aromatic rings. The molecule has 0 saturated carbocycles. The van der Waals surface area contributed by atoms with Gasteiger partial charge in [-0.1, -0.05) is 48.5 Å². The Morgan fingerprint density at radius 2 is 1.85 bits per heavy atom. The molecule has 3 heterocycles. The summed E-state index contributed by atoms with van der Waals surface area (Å²) in [6.45, 7) is 0.697. The molecule has 0 bridgehead atoms. The van der Waals surface area contributed by atoms with Crippen LogP contribution in [0.4, 0.5) is 0 Å². The molecule has 1 aliphatic rings. The highest BCUT2D eigenvalue weighted by Crippen LogP contribution is 2.38. The molecule has 1 aliphatic heterocycles. The fraction of sp³-hybridized carbons (Fsp3) is 0.136. The van der Waals surface area contributed by atoms with Crippen LogP contribution >= 0.6 is 11.3 Å². The van der Waals surface area contributed by atoms with E-state index in [1.165, 1.54) is 10.4 Å². The number of fused-ring (bicyclic) bond motifs is 2. The van der Waals surface area contributed by atoms with Gasteiger partial charge in [-0.15, -0.1) is 11.3 Å². The number of carbonyl (C=O) groups is 1. The van der Waals surface area contributed by atoms with Gasteiger partial charge in [-0.05, 0) is 41.1 Å². The Bertz CT molecular complexity index is 1050. The molecule has 1 atom stereocenters. The van der Waals surface area contributed by atoms with Crippen molar-refractivity contribution in [1.29, 1.82) is 0 Å². The van der Waals surface area contributed by atoms with Crippen molar-refractivity contribution in [3.05, 3.63) is 93.9 Å². The van der Waals surface area contributed by atoms with Crippen molar-refractivity contribution < 1.29 is 9.21 Å². The number of nitrogens with zero attached hydrogens (tertiary/aromatic N) is 1. The van der Waals surface area contributed by atoms with Crippen LogP contribution in [0.15, 0.2) is 76.5 Å². The first kappa shape index (κ1) is 15.4. The van der Waals surface area contributed by atoms with Crippen LogP contribution < -0.4 is 0 Å². The molecule has 1 amide bonds. The van der Waals surface area contributed by atoms with E-state index in [1.807, 2.05) is 53.4 Å². The second kappa shape index (κ2) is 6.15. The van der Waals surface area contributed by atoms with Crippen molar-refractivity contribution >= 4 is 28.2 Å². The normalized spacial score (nSPS) is 16.6. The van der Waals surface area contributed by atoms with E-state index in [2.05, 4.69) is 23.6 Å². The van der Waals surface area contributed by atoms with Crippen molar-refractivity contribution in [2.24, 2.45) is 0 Å².